The van der Waals surface area contributed by atoms with Crippen molar-refractivity contribution in [1.82, 2.24) is 0 Å². The molecule has 0 bridgehead atoms. The maximum atomic E-state index is 12.7. The van der Waals surface area contributed by atoms with Gasteiger partial charge in [0, 0.05) is 5.92 Å². The highest BCUT2D eigenvalue weighted by atomic mass is 19.1. The number of hydrogen-bond donors (Lipinski definition) is 0. The lowest BCUT2D eigenvalue weighted by atomic mass is 9.93. The summed E-state index contributed by atoms with van der Waals surface area (Å²) < 4.78 is 17.8. The lowest BCUT2D eigenvalue weighted by molar-refractivity contribution is 0.00814. The number of hydrogen-bond acceptors (Lipinski definition) is 1. The van der Waals surface area contributed by atoms with E-state index in [4.69, 9.17) is 4.74 Å². The first-order chi connectivity index (χ1) is 6.77. The summed E-state index contributed by atoms with van der Waals surface area (Å²) in [7, 11) is 0. The Bertz CT molecular complexity index is 292. The zero-order valence-electron chi connectivity index (χ0n) is 9.01. The highest BCUT2D eigenvalue weighted by Crippen LogP contribution is 2.26. The first-order valence-electron chi connectivity index (χ1n) is 5.11. The zero-order chi connectivity index (χ0) is 10.6. The second-order valence-corrected chi connectivity index (χ2v) is 3.24. The van der Waals surface area contributed by atoms with Crippen molar-refractivity contribution in [3.63, 3.8) is 0 Å². The molecule has 1 aliphatic heterocycles. The normalized spacial score (nSPS) is 15.4. The summed E-state index contributed by atoms with van der Waals surface area (Å²) in [6.07, 6.45) is 0. The molecular formula is C12H17FO. The molecule has 0 unspecified atom stereocenters. The van der Waals surface area contributed by atoms with Crippen LogP contribution in [0.25, 0.3) is 0 Å². The third kappa shape index (κ3) is 2.32. The van der Waals surface area contributed by atoms with Crippen LogP contribution in [0.1, 0.15) is 30.9 Å². The van der Waals surface area contributed by atoms with Crippen molar-refractivity contribution in [1.29, 1.82) is 0 Å². The molecule has 1 fully saturated rings. The number of rotatable bonds is 1. The van der Waals surface area contributed by atoms with Crippen LogP contribution in [0.2, 0.25) is 0 Å². The molecule has 0 atom stereocenters. The molecule has 1 heterocycles. The van der Waals surface area contributed by atoms with E-state index in [1.165, 1.54) is 11.6 Å². The van der Waals surface area contributed by atoms with Crippen molar-refractivity contribution in [3.05, 3.63) is 35.1 Å². The Labute approximate surface area is 84.9 Å². The van der Waals surface area contributed by atoms with Crippen LogP contribution in [0.15, 0.2) is 18.2 Å². The SMILES string of the molecule is CC.Cc1cc(F)ccc1C1COC1. The van der Waals surface area contributed by atoms with Crippen LogP contribution >= 0.6 is 0 Å². The minimum Gasteiger partial charge on any atom is -0.380 e. The molecule has 2 rings (SSSR count). The van der Waals surface area contributed by atoms with E-state index in [9.17, 15) is 4.39 Å². The maximum Gasteiger partial charge on any atom is 0.123 e. The van der Waals surface area contributed by atoms with Crippen LogP contribution < -0.4 is 0 Å². The van der Waals surface area contributed by atoms with E-state index in [2.05, 4.69) is 0 Å². The van der Waals surface area contributed by atoms with Crippen LogP contribution in [-0.2, 0) is 4.74 Å². The van der Waals surface area contributed by atoms with Gasteiger partial charge in [0.15, 0.2) is 0 Å². The highest BCUT2D eigenvalue weighted by molar-refractivity contribution is 5.30. The molecule has 0 radical (unpaired) electrons. The Kier molecular flexibility index (Phi) is 4.08. The average molecular weight is 196 g/mol. The second-order valence-electron chi connectivity index (χ2n) is 3.24. The lowest BCUT2D eigenvalue weighted by Crippen LogP contribution is -2.25. The van der Waals surface area contributed by atoms with Gasteiger partial charge in [0.1, 0.15) is 5.82 Å². The molecule has 1 aliphatic rings. The molecule has 0 N–H and O–H groups in total. The Morgan fingerprint density at radius 2 is 1.93 bits per heavy atom. The molecule has 1 saturated heterocycles. The molecule has 0 aliphatic carbocycles. The van der Waals surface area contributed by atoms with E-state index in [0.717, 1.165) is 18.8 Å². The van der Waals surface area contributed by atoms with Gasteiger partial charge in [0.25, 0.3) is 0 Å². The minimum absolute atomic E-state index is 0.156. The number of ether oxygens (including phenoxy) is 1. The van der Waals surface area contributed by atoms with Crippen LogP contribution in [0.3, 0.4) is 0 Å². The minimum atomic E-state index is -0.156. The Balaban J connectivity index is 0.000000461. The van der Waals surface area contributed by atoms with Gasteiger partial charge in [0.2, 0.25) is 0 Å². The second kappa shape index (κ2) is 5.11. The molecule has 1 aromatic carbocycles. The number of halogens is 1. The predicted molar refractivity (Wildman–Crippen MR) is 56.0 cm³/mol. The molecular weight excluding hydrogens is 179 g/mol. The van der Waals surface area contributed by atoms with Crippen LogP contribution in [0.4, 0.5) is 4.39 Å². The largest absolute Gasteiger partial charge is 0.380 e. The fraction of sp³-hybridized carbons (Fsp3) is 0.500. The summed E-state index contributed by atoms with van der Waals surface area (Å²) in [6.45, 7) is 7.51. The summed E-state index contributed by atoms with van der Waals surface area (Å²) >= 11 is 0. The van der Waals surface area contributed by atoms with E-state index in [-0.39, 0.29) is 5.82 Å². The number of benzene rings is 1. The van der Waals surface area contributed by atoms with E-state index < -0.39 is 0 Å². The van der Waals surface area contributed by atoms with Gasteiger partial charge in [-0.25, -0.2) is 4.39 Å². The van der Waals surface area contributed by atoms with Gasteiger partial charge >= 0.3 is 0 Å². The molecule has 0 saturated carbocycles. The summed E-state index contributed by atoms with van der Waals surface area (Å²) in [5.74, 6) is 0.335. The van der Waals surface area contributed by atoms with Crippen LogP contribution in [0.5, 0.6) is 0 Å². The third-order valence-corrected chi connectivity index (χ3v) is 2.31. The Morgan fingerprint density at radius 1 is 1.29 bits per heavy atom. The standard InChI is InChI=1S/C10H11FO.C2H6/c1-7-4-9(11)2-3-10(7)8-5-12-6-8;1-2/h2-4,8H,5-6H2,1H3;1-2H3. The first kappa shape index (κ1) is 11.2. The van der Waals surface area contributed by atoms with Gasteiger partial charge in [-0.2, -0.15) is 0 Å². The van der Waals surface area contributed by atoms with Gasteiger partial charge < -0.3 is 4.74 Å². The van der Waals surface area contributed by atoms with E-state index in [1.54, 1.807) is 6.07 Å². The lowest BCUT2D eigenvalue weighted by Gasteiger charge is -2.27. The summed E-state index contributed by atoms with van der Waals surface area (Å²) in [5, 5.41) is 0. The smallest absolute Gasteiger partial charge is 0.123 e. The van der Waals surface area contributed by atoms with Crippen molar-refractivity contribution in [2.75, 3.05) is 13.2 Å². The van der Waals surface area contributed by atoms with Crippen LogP contribution in [-0.4, -0.2) is 13.2 Å². The van der Waals surface area contributed by atoms with E-state index in [1.807, 2.05) is 26.8 Å². The summed E-state index contributed by atoms with van der Waals surface area (Å²) in [4.78, 5) is 0. The van der Waals surface area contributed by atoms with Crippen molar-refractivity contribution >= 4 is 0 Å². The first-order valence-corrected chi connectivity index (χ1v) is 5.11. The molecule has 1 aromatic rings. The summed E-state index contributed by atoms with van der Waals surface area (Å²) in [5.41, 5.74) is 2.26. The van der Waals surface area contributed by atoms with Gasteiger partial charge in [-0.05, 0) is 30.2 Å². The Morgan fingerprint density at radius 3 is 2.36 bits per heavy atom. The molecule has 2 heteroatoms. The van der Waals surface area contributed by atoms with Crippen molar-refractivity contribution in [2.45, 2.75) is 26.7 Å². The van der Waals surface area contributed by atoms with Gasteiger partial charge in [0.05, 0.1) is 13.2 Å². The van der Waals surface area contributed by atoms with Crippen molar-refractivity contribution in [2.24, 2.45) is 0 Å². The molecule has 14 heavy (non-hydrogen) atoms. The summed E-state index contributed by atoms with van der Waals surface area (Å²) in [6, 6.07) is 4.95. The zero-order valence-corrected chi connectivity index (χ0v) is 9.01. The molecule has 0 aromatic heterocycles. The quantitative estimate of drug-likeness (QED) is 0.669. The predicted octanol–water partition coefficient (Wildman–Crippen LogP) is 3.27. The topological polar surface area (TPSA) is 9.23 Å². The fourth-order valence-electron chi connectivity index (χ4n) is 1.51. The number of aryl methyl sites for hydroxylation is 1. The van der Waals surface area contributed by atoms with Gasteiger partial charge in [-0.3, -0.25) is 0 Å². The van der Waals surface area contributed by atoms with Gasteiger partial charge in [-0.15, -0.1) is 0 Å². The molecule has 0 amide bonds. The van der Waals surface area contributed by atoms with E-state index in [0.29, 0.717) is 5.92 Å². The fourth-order valence-corrected chi connectivity index (χ4v) is 1.51. The highest BCUT2D eigenvalue weighted by Gasteiger charge is 2.21. The molecule has 0 spiro atoms. The molecule has 1 nitrogen and oxygen atoms in total. The maximum absolute atomic E-state index is 12.7. The van der Waals surface area contributed by atoms with Crippen molar-refractivity contribution < 1.29 is 9.13 Å². The average Bonchev–Trinajstić information content (AvgIpc) is 2.10. The van der Waals surface area contributed by atoms with Gasteiger partial charge in [-0.1, -0.05) is 19.9 Å². The van der Waals surface area contributed by atoms with Crippen LogP contribution in [0, 0.1) is 12.7 Å². The Hall–Kier alpha value is -0.890. The van der Waals surface area contributed by atoms with Crippen molar-refractivity contribution in [3.8, 4) is 0 Å². The third-order valence-electron chi connectivity index (χ3n) is 2.31. The molecule has 78 valence electrons. The monoisotopic (exact) mass is 196 g/mol. The van der Waals surface area contributed by atoms with E-state index >= 15 is 0 Å².